The van der Waals surface area contributed by atoms with Gasteiger partial charge < -0.3 is 5.32 Å². The predicted octanol–water partition coefficient (Wildman–Crippen LogP) is 4.96. The Hall–Kier alpha value is -2.39. The monoisotopic (exact) mass is 321 g/mol. The largest absolute Gasteiger partial charge is 0.348 e. The Morgan fingerprint density at radius 3 is 2.61 bits per heavy atom. The average molecular weight is 321 g/mol. The molecule has 3 heteroatoms. The van der Waals surface area contributed by atoms with Crippen molar-refractivity contribution >= 4 is 17.2 Å². The van der Waals surface area contributed by atoms with Crippen LogP contribution in [0.2, 0.25) is 0 Å². The first kappa shape index (κ1) is 15.5. The lowest BCUT2D eigenvalue weighted by atomic mass is 10.0. The van der Waals surface area contributed by atoms with Crippen LogP contribution in [-0.2, 0) is 6.54 Å². The minimum Gasteiger partial charge on any atom is -0.348 e. The summed E-state index contributed by atoms with van der Waals surface area (Å²) in [5, 5.41) is 7.23. The number of amides is 1. The van der Waals surface area contributed by atoms with Gasteiger partial charge in [-0.2, -0.15) is 11.3 Å². The van der Waals surface area contributed by atoms with Crippen LogP contribution in [0.4, 0.5) is 0 Å². The first-order valence-electron chi connectivity index (χ1n) is 7.61. The van der Waals surface area contributed by atoms with Gasteiger partial charge >= 0.3 is 0 Å². The second-order valence-corrected chi connectivity index (χ2v) is 6.43. The molecule has 0 saturated carbocycles. The third kappa shape index (κ3) is 3.51. The standard InChI is InChI=1S/C20H19NOS/c1-14-7-8-16(11-15(14)2)20(22)21-12-17-5-3-4-6-19(17)18-9-10-23-13-18/h3-11,13H,12H2,1-2H3,(H,21,22). The molecule has 0 fully saturated rings. The summed E-state index contributed by atoms with van der Waals surface area (Å²) < 4.78 is 0. The van der Waals surface area contributed by atoms with Gasteiger partial charge in [0.15, 0.2) is 0 Å². The third-order valence-corrected chi connectivity index (χ3v) is 4.74. The van der Waals surface area contributed by atoms with Gasteiger partial charge in [-0.15, -0.1) is 0 Å². The Balaban J connectivity index is 1.76. The lowest BCUT2D eigenvalue weighted by Gasteiger charge is -2.11. The van der Waals surface area contributed by atoms with Crippen molar-refractivity contribution in [3.8, 4) is 11.1 Å². The van der Waals surface area contributed by atoms with Crippen molar-refractivity contribution in [3.05, 3.63) is 81.5 Å². The number of hydrogen-bond acceptors (Lipinski definition) is 2. The summed E-state index contributed by atoms with van der Waals surface area (Å²) in [6, 6.07) is 16.1. The number of carbonyl (C=O) groups is 1. The zero-order chi connectivity index (χ0) is 16.2. The first-order valence-corrected chi connectivity index (χ1v) is 8.55. The fourth-order valence-corrected chi connectivity index (χ4v) is 3.19. The highest BCUT2D eigenvalue weighted by molar-refractivity contribution is 7.08. The molecular weight excluding hydrogens is 302 g/mol. The normalized spacial score (nSPS) is 10.5. The van der Waals surface area contributed by atoms with Gasteiger partial charge in [-0.05, 0) is 70.6 Å². The van der Waals surface area contributed by atoms with Crippen molar-refractivity contribution in [1.29, 1.82) is 0 Å². The van der Waals surface area contributed by atoms with E-state index in [2.05, 4.69) is 34.3 Å². The molecule has 0 spiro atoms. The molecule has 1 aromatic heterocycles. The van der Waals surface area contributed by atoms with E-state index in [0.717, 1.165) is 11.1 Å². The quantitative estimate of drug-likeness (QED) is 0.723. The van der Waals surface area contributed by atoms with E-state index in [1.807, 2.05) is 44.2 Å². The van der Waals surface area contributed by atoms with Gasteiger partial charge in [-0.3, -0.25) is 4.79 Å². The summed E-state index contributed by atoms with van der Waals surface area (Å²) in [6.07, 6.45) is 0. The van der Waals surface area contributed by atoms with Gasteiger partial charge in [0, 0.05) is 12.1 Å². The second kappa shape index (κ2) is 6.80. The Morgan fingerprint density at radius 2 is 1.87 bits per heavy atom. The fourth-order valence-electron chi connectivity index (χ4n) is 2.53. The number of thiophene rings is 1. The predicted molar refractivity (Wildman–Crippen MR) is 96.8 cm³/mol. The molecule has 3 rings (SSSR count). The number of benzene rings is 2. The number of hydrogen-bond donors (Lipinski definition) is 1. The van der Waals surface area contributed by atoms with Crippen LogP contribution in [0.25, 0.3) is 11.1 Å². The van der Waals surface area contributed by atoms with Gasteiger partial charge in [0.2, 0.25) is 0 Å². The Bertz CT molecular complexity index is 821. The van der Waals surface area contributed by atoms with Crippen molar-refractivity contribution in [3.63, 3.8) is 0 Å². The first-order chi connectivity index (χ1) is 11.1. The van der Waals surface area contributed by atoms with E-state index in [1.165, 1.54) is 16.7 Å². The minimum atomic E-state index is -0.0341. The van der Waals surface area contributed by atoms with Gasteiger partial charge in [-0.25, -0.2) is 0 Å². The second-order valence-electron chi connectivity index (χ2n) is 5.65. The van der Waals surface area contributed by atoms with Crippen LogP contribution < -0.4 is 5.32 Å². The van der Waals surface area contributed by atoms with Crippen LogP contribution >= 0.6 is 11.3 Å². The maximum absolute atomic E-state index is 12.4. The lowest BCUT2D eigenvalue weighted by Crippen LogP contribution is -2.23. The highest BCUT2D eigenvalue weighted by atomic mass is 32.1. The summed E-state index contributed by atoms with van der Waals surface area (Å²) in [4.78, 5) is 12.4. The highest BCUT2D eigenvalue weighted by Crippen LogP contribution is 2.25. The molecule has 2 nitrogen and oxygen atoms in total. The van der Waals surface area contributed by atoms with E-state index in [4.69, 9.17) is 0 Å². The molecule has 0 aliphatic carbocycles. The van der Waals surface area contributed by atoms with Crippen LogP contribution in [0.5, 0.6) is 0 Å². The van der Waals surface area contributed by atoms with E-state index in [0.29, 0.717) is 12.1 Å². The zero-order valence-corrected chi connectivity index (χ0v) is 14.1. The van der Waals surface area contributed by atoms with Crippen molar-refractivity contribution in [2.45, 2.75) is 20.4 Å². The highest BCUT2D eigenvalue weighted by Gasteiger charge is 2.09. The Kier molecular flexibility index (Phi) is 4.58. The molecule has 0 radical (unpaired) electrons. The maximum Gasteiger partial charge on any atom is 0.251 e. The molecule has 0 aliphatic heterocycles. The SMILES string of the molecule is Cc1ccc(C(=O)NCc2ccccc2-c2ccsc2)cc1C. The maximum atomic E-state index is 12.4. The van der Waals surface area contributed by atoms with Crippen LogP contribution in [0.3, 0.4) is 0 Å². The average Bonchev–Trinajstić information content (AvgIpc) is 3.10. The van der Waals surface area contributed by atoms with Crippen LogP contribution in [0, 0.1) is 13.8 Å². The third-order valence-electron chi connectivity index (χ3n) is 4.06. The Morgan fingerprint density at radius 1 is 1.04 bits per heavy atom. The molecule has 1 amide bonds. The molecule has 0 unspecified atom stereocenters. The van der Waals surface area contributed by atoms with E-state index >= 15 is 0 Å². The summed E-state index contributed by atoms with van der Waals surface area (Å²) in [7, 11) is 0. The molecule has 23 heavy (non-hydrogen) atoms. The molecule has 0 bridgehead atoms. The molecule has 3 aromatic rings. The van der Waals surface area contributed by atoms with E-state index < -0.39 is 0 Å². The van der Waals surface area contributed by atoms with Crippen LogP contribution in [0.15, 0.2) is 59.3 Å². The van der Waals surface area contributed by atoms with Crippen molar-refractivity contribution in [1.82, 2.24) is 5.32 Å². The molecular formula is C20H19NOS. The number of carbonyl (C=O) groups excluding carboxylic acids is 1. The van der Waals surface area contributed by atoms with Crippen LogP contribution in [-0.4, -0.2) is 5.91 Å². The fraction of sp³-hybridized carbons (Fsp3) is 0.150. The minimum absolute atomic E-state index is 0.0341. The van der Waals surface area contributed by atoms with Crippen molar-refractivity contribution in [2.24, 2.45) is 0 Å². The Labute approximate surface area is 140 Å². The van der Waals surface area contributed by atoms with Crippen molar-refractivity contribution in [2.75, 3.05) is 0 Å². The smallest absolute Gasteiger partial charge is 0.251 e. The topological polar surface area (TPSA) is 29.1 Å². The summed E-state index contributed by atoms with van der Waals surface area (Å²) in [6.45, 7) is 4.60. The van der Waals surface area contributed by atoms with E-state index in [1.54, 1.807) is 11.3 Å². The number of aryl methyl sites for hydroxylation is 2. The zero-order valence-electron chi connectivity index (χ0n) is 13.3. The summed E-state index contributed by atoms with van der Waals surface area (Å²) in [5.74, 6) is -0.0341. The summed E-state index contributed by atoms with van der Waals surface area (Å²) >= 11 is 1.68. The molecule has 2 aromatic carbocycles. The van der Waals surface area contributed by atoms with Gasteiger partial charge in [0.1, 0.15) is 0 Å². The van der Waals surface area contributed by atoms with E-state index in [9.17, 15) is 4.79 Å². The number of nitrogens with one attached hydrogen (secondary N) is 1. The number of rotatable bonds is 4. The van der Waals surface area contributed by atoms with Gasteiger partial charge in [0.05, 0.1) is 0 Å². The van der Waals surface area contributed by atoms with Crippen molar-refractivity contribution < 1.29 is 4.79 Å². The van der Waals surface area contributed by atoms with Crippen LogP contribution in [0.1, 0.15) is 27.0 Å². The molecule has 0 saturated heterocycles. The van der Waals surface area contributed by atoms with Gasteiger partial charge in [0.25, 0.3) is 5.91 Å². The lowest BCUT2D eigenvalue weighted by molar-refractivity contribution is 0.0951. The molecule has 0 atom stereocenters. The van der Waals surface area contributed by atoms with Gasteiger partial charge in [-0.1, -0.05) is 30.3 Å². The molecule has 1 heterocycles. The molecule has 116 valence electrons. The molecule has 0 aliphatic rings. The van der Waals surface area contributed by atoms with E-state index in [-0.39, 0.29) is 5.91 Å². The molecule has 1 N–H and O–H groups in total. The summed E-state index contributed by atoms with van der Waals surface area (Å²) in [5.41, 5.74) is 6.55.